The molecule has 0 fully saturated rings. The van der Waals surface area contributed by atoms with Gasteiger partial charge in [0.25, 0.3) is 0 Å². The number of anilines is 2. The number of hydrogen-bond donors (Lipinski definition) is 1. The summed E-state index contributed by atoms with van der Waals surface area (Å²) in [6.45, 7) is 1.36. The molecule has 0 radical (unpaired) electrons. The number of para-hydroxylation sites is 2. The van der Waals surface area contributed by atoms with Crippen molar-refractivity contribution in [1.29, 1.82) is 0 Å². The SMILES string of the molecule is COCCN(C)c1nc2ccccc2nc1N. The lowest BCUT2D eigenvalue weighted by Crippen LogP contribution is -2.24. The monoisotopic (exact) mass is 232 g/mol. The van der Waals surface area contributed by atoms with Crippen molar-refractivity contribution >= 4 is 22.7 Å². The minimum absolute atomic E-state index is 0.447. The topological polar surface area (TPSA) is 64.3 Å². The third kappa shape index (κ3) is 2.45. The Kier molecular flexibility index (Phi) is 3.39. The number of nitrogens with zero attached hydrogens (tertiary/aromatic N) is 3. The predicted octanol–water partition coefficient (Wildman–Crippen LogP) is 1.29. The molecule has 0 unspecified atom stereocenters. The van der Waals surface area contributed by atoms with Crippen molar-refractivity contribution in [3.05, 3.63) is 24.3 Å². The van der Waals surface area contributed by atoms with E-state index in [-0.39, 0.29) is 0 Å². The highest BCUT2D eigenvalue weighted by Crippen LogP contribution is 2.20. The first-order chi connectivity index (χ1) is 8.22. The van der Waals surface area contributed by atoms with Crippen LogP contribution in [0, 0.1) is 0 Å². The Morgan fingerprint density at radius 3 is 2.53 bits per heavy atom. The van der Waals surface area contributed by atoms with Crippen LogP contribution in [0.1, 0.15) is 0 Å². The molecule has 90 valence electrons. The zero-order valence-corrected chi connectivity index (χ0v) is 10.1. The average molecular weight is 232 g/mol. The lowest BCUT2D eigenvalue weighted by atomic mass is 10.3. The van der Waals surface area contributed by atoms with Gasteiger partial charge in [-0.25, -0.2) is 9.97 Å². The first-order valence-electron chi connectivity index (χ1n) is 5.44. The van der Waals surface area contributed by atoms with Crippen LogP contribution in [-0.2, 0) is 4.74 Å². The molecule has 17 heavy (non-hydrogen) atoms. The van der Waals surface area contributed by atoms with E-state index >= 15 is 0 Å². The molecule has 0 aliphatic carbocycles. The van der Waals surface area contributed by atoms with E-state index in [1.165, 1.54) is 0 Å². The van der Waals surface area contributed by atoms with Crippen LogP contribution in [-0.4, -0.2) is 37.3 Å². The van der Waals surface area contributed by atoms with Crippen molar-refractivity contribution < 1.29 is 4.74 Å². The van der Waals surface area contributed by atoms with Crippen molar-refractivity contribution in [1.82, 2.24) is 9.97 Å². The Morgan fingerprint density at radius 1 is 1.24 bits per heavy atom. The van der Waals surface area contributed by atoms with Crippen LogP contribution in [0.2, 0.25) is 0 Å². The molecule has 1 aromatic carbocycles. The summed E-state index contributed by atoms with van der Waals surface area (Å²) in [5, 5.41) is 0. The van der Waals surface area contributed by atoms with Gasteiger partial charge in [-0.2, -0.15) is 0 Å². The lowest BCUT2D eigenvalue weighted by Gasteiger charge is -2.19. The fraction of sp³-hybridized carbons (Fsp3) is 0.333. The van der Waals surface area contributed by atoms with E-state index < -0.39 is 0 Å². The first kappa shape index (κ1) is 11.6. The van der Waals surface area contributed by atoms with E-state index in [4.69, 9.17) is 10.5 Å². The number of likely N-dealkylation sites (N-methyl/N-ethyl adjacent to an activating group) is 1. The molecule has 0 saturated heterocycles. The zero-order chi connectivity index (χ0) is 12.3. The molecule has 0 spiro atoms. The van der Waals surface area contributed by atoms with Gasteiger partial charge in [-0.3, -0.25) is 0 Å². The Hall–Kier alpha value is -1.88. The fourth-order valence-electron chi connectivity index (χ4n) is 1.62. The third-order valence-electron chi connectivity index (χ3n) is 2.57. The largest absolute Gasteiger partial charge is 0.383 e. The summed E-state index contributed by atoms with van der Waals surface area (Å²) in [7, 11) is 3.59. The molecule has 1 heterocycles. The number of nitrogen functional groups attached to an aromatic ring is 1. The molecule has 0 bridgehead atoms. The Bertz CT molecular complexity index is 515. The molecule has 0 atom stereocenters. The van der Waals surface area contributed by atoms with Crippen molar-refractivity contribution in [2.75, 3.05) is 37.9 Å². The number of fused-ring (bicyclic) bond motifs is 1. The molecule has 2 aromatic rings. The average Bonchev–Trinajstić information content (AvgIpc) is 2.35. The maximum absolute atomic E-state index is 5.90. The van der Waals surface area contributed by atoms with Crippen LogP contribution in [0.5, 0.6) is 0 Å². The number of hydrogen-bond acceptors (Lipinski definition) is 5. The van der Waals surface area contributed by atoms with Gasteiger partial charge in [0.1, 0.15) is 0 Å². The smallest absolute Gasteiger partial charge is 0.172 e. The van der Waals surface area contributed by atoms with E-state index in [1.807, 2.05) is 36.2 Å². The van der Waals surface area contributed by atoms with Crippen molar-refractivity contribution in [3.8, 4) is 0 Å². The molecule has 2 rings (SSSR count). The summed E-state index contributed by atoms with van der Waals surface area (Å²) in [6, 6.07) is 7.68. The van der Waals surface area contributed by atoms with E-state index in [0.717, 1.165) is 17.6 Å². The molecule has 2 N–H and O–H groups in total. The summed E-state index contributed by atoms with van der Waals surface area (Å²) in [6.07, 6.45) is 0. The van der Waals surface area contributed by atoms with Gasteiger partial charge < -0.3 is 15.4 Å². The van der Waals surface area contributed by atoms with Crippen molar-refractivity contribution in [3.63, 3.8) is 0 Å². The lowest BCUT2D eigenvalue weighted by molar-refractivity contribution is 0.206. The van der Waals surface area contributed by atoms with Crippen molar-refractivity contribution in [2.45, 2.75) is 0 Å². The van der Waals surface area contributed by atoms with Gasteiger partial charge in [-0.05, 0) is 12.1 Å². The van der Waals surface area contributed by atoms with Crippen LogP contribution in [0.3, 0.4) is 0 Å². The minimum Gasteiger partial charge on any atom is -0.383 e. The van der Waals surface area contributed by atoms with Crippen LogP contribution in [0.25, 0.3) is 11.0 Å². The van der Waals surface area contributed by atoms with Crippen LogP contribution in [0.15, 0.2) is 24.3 Å². The molecule has 1 aromatic heterocycles. The molecular formula is C12H16N4O. The van der Waals surface area contributed by atoms with Crippen molar-refractivity contribution in [2.24, 2.45) is 0 Å². The van der Waals surface area contributed by atoms with Gasteiger partial charge in [0.15, 0.2) is 11.6 Å². The summed E-state index contributed by atoms with van der Waals surface area (Å²) in [4.78, 5) is 10.8. The second-order valence-electron chi connectivity index (χ2n) is 3.84. The quantitative estimate of drug-likeness (QED) is 0.860. The standard InChI is InChI=1S/C12H16N4O/c1-16(7-8-17-2)12-11(13)14-9-5-3-4-6-10(9)15-12/h3-6H,7-8H2,1-2H3,(H2,13,14). The summed E-state index contributed by atoms with van der Waals surface area (Å²) >= 11 is 0. The number of rotatable bonds is 4. The third-order valence-corrected chi connectivity index (χ3v) is 2.57. The summed E-state index contributed by atoms with van der Waals surface area (Å²) < 4.78 is 5.03. The van der Waals surface area contributed by atoms with Gasteiger partial charge in [-0.15, -0.1) is 0 Å². The van der Waals surface area contributed by atoms with Gasteiger partial charge >= 0.3 is 0 Å². The number of benzene rings is 1. The number of nitrogens with two attached hydrogens (primary N) is 1. The highest BCUT2D eigenvalue weighted by molar-refractivity contribution is 5.79. The van der Waals surface area contributed by atoms with E-state index in [2.05, 4.69) is 9.97 Å². The molecule has 0 aliphatic heterocycles. The normalized spacial score (nSPS) is 10.7. The summed E-state index contributed by atoms with van der Waals surface area (Å²) in [5.41, 5.74) is 7.57. The second kappa shape index (κ2) is 4.97. The van der Waals surface area contributed by atoms with Gasteiger partial charge in [-0.1, -0.05) is 12.1 Å². The van der Waals surface area contributed by atoms with E-state index in [0.29, 0.717) is 18.2 Å². The van der Waals surface area contributed by atoms with Gasteiger partial charge in [0, 0.05) is 20.7 Å². The first-order valence-corrected chi connectivity index (χ1v) is 5.44. The van der Waals surface area contributed by atoms with Gasteiger partial charge in [0.05, 0.1) is 17.6 Å². The molecule has 5 nitrogen and oxygen atoms in total. The molecule has 0 amide bonds. The van der Waals surface area contributed by atoms with Crippen LogP contribution >= 0.6 is 0 Å². The number of ether oxygens (including phenoxy) is 1. The van der Waals surface area contributed by atoms with E-state index in [9.17, 15) is 0 Å². The molecule has 0 aliphatic rings. The maximum Gasteiger partial charge on any atom is 0.172 e. The number of aromatic nitrogens is 2. The highest BCUT2D eigenvalue weighted by atomic mass is 16.5. The van der Waals surface area contributed by atoms with Crippen LogP contribution < -0.4 is 10.6 Å². The van der Waals surface area contributed by atoms with Crippen LogP contribution in [0.4, 0.5) is 11.6 Å². The predicted molar refractivity (Wildman–Crippen MR) is 69.1 cm³/mol. The number of methoxy groups -OCH3 is 1. The summed E-state index contributed by atoms with van der Waals surface area (Å²) in [5.74, 6) is 1.14. The minimum atomic E-state index is 0.447. The molecule has 0 saturated carbocycles. The van der Waals surface area contributed by atoms with E-state index in [1.54, 1.807) is 7.11 Å². The zero-order valence-electron chi connectivity index (χ0n) is 10.1. The van der Waals surface area contributed by atoms with Gasteiger partial charge in [0.2, 0.25) is 0 Å². The Balaban J connectivity index is 2.36. The Labute approximate surface area is 100 Å². The maximum atomic E-state index is 5.90. The second-order valence-corrected chi connectivity index (χ2v) is 3.84. The Morgan fingerprint density at radius 2 is 1.88 bits per heavy atom. The molecular weight excluding hydrogens is 216 g/mol. The fourth-order valence-corrected chi connectivity index (χ4v) is 1.62. The highest BCUT2D eigenvalue weighted by Gasteiger charge is 2.09. The molecule has 5 heteroatoms.